The van der Waals surface area contributed by atoms with Gasteiger partial charge in [0.1, 0.15) is 10.8 Å². The van der Waals surface area contributed by atoms with E-state index in [4.69, 9.17) is 4.74 Å². The van der Waals surface area contributed by atoms with E-state index in [2.05, 4.69) is 32.1 Å². The highest BCUT2D eigenvalue weighted by molar-refractivity contribution is 7.15. The highest BCUT2D eigenvalue weighted by Crippen LogP contribution is 2.29. The summed E-state index contributed by atoms with van der Waals surface area (Å²) in [5.74, 6) is -0.188. The summed E-state index contributed by atoms with van der Waals surface area (Å²) in [7, 11) is 0. The van der Waals surface area contributed by atoms with E-state index in [1.165, 1.54) is 22.3 Å². The van der Waals surface area contributed by atoms with Crippen molar-refractivity contribution >= 4 is 22.7 Å². The van der Waals surface area contributed by atoms with Crippen molar-refractivity contribution in [2.24, 2.45) is 0 Å². The summed E-state index contributed by atoms with van der Waals surface area (Å²) < 4.78 is 18.8. The molecular formula is C20H23FN4OS2. The van der Waals surface area contributed by atoms with Crippen molar-refractivity contribution in [2.45, 2.75) is 20.0 Å². The Morgan fingerprint density at radius 2 is 1.79 bits per heavy atom. The SMILES string of the molecule is CCOc1nnc(CN2CCN(Cc3ccc(-c4cccc(F)c4)s3)CC2)s1. The molecule has 1 aliphatic heterocycles. The first-order valence-corrected chi connectivity index (χ1v) is 11.1. The van der Waals surface area contributed by atoms with Crippen molar-refractivity contribution < 1.29 is 9.13 Å². The van der Waals surface area contributed by atoms with E-state index in [1.54, 1.807) is 23.5 Å². The van der Waals surface area contributed by atoms with Crippen LogP contribution >= 0.6 is 22.7 Å². The van der Waals surface area contributed by atoms with E-state index in [-0.39, 0.29) is 5.82 Å². The zero-order valence-corrected chi connectivity index (χ0v) is 17.4. The fourth-order valence-corrected chi connectivity index (χ4v) is 5.10. The van der Waals surface area contributed by atoms with Gasteiger partial charge >= 0.3 is 0 Å². The van der Waals surface area contributed by atoms with Crippen LogP contribution in [0.2, 0.25) is 0 Å². The standard InChI is InChI=1S/C20H23FN4OS2/c1-2-26-20-23-22-19(28-20)14-25-10-8-24(9-11-25)13-17-6-7-18(27-17)15-4-3-5-16(21)12-15/h3-7,12H,2,8-11,13-14H2,1H3. The second-order valence-corrected chi connectivity index (χ2v) is 8.92. The Morgan fingerprint density at radius 1 is 1.00 bits per heavy atom. The molecule has 4 rings (SSSR count). The van der Waals surface area contributed by atoms with E-state index in [1.807, 2.05) is 13.0 Å². The average Bonchev–Trinajstić information content (AvgIpc) is 3.33. The van der Waals surface area contributed by atoms with Gasteiger partial charge in [-0.3, -0.25) is 9.80 Å². The maximum absolute atomic E-state index is 13.4. The molecule has 0 unspecified atom stereocenters. The van der Waals surface area contributed by atoms with Crippen LogP contribution in [0.5, 0.6) is 5.19 Å². The number of benzene rings is 1. The molecule has 0 radical (unpaired) electrons. The Kier molecular flexibility index (Phi) is 6.31. The highest BCUT2D eigenvalue weighted by Gasteiger charge is 2.19. The van der Waals surface area contributed by atoms with E-state index in [0.717, 1.165) is 54.7 Å². The Bertz CT molecular complexity index is 905. The lowest BCUT2D eigenvalue weighted by molar-refractivity contribution is 0.122. The highest BCUT2D eigenvalue weighted by atomic mass is 32.1. The number of hydrogen-bond acceptors (Lipinski definition) is 7. The van der Waals surface area contributed by atoms with Gasteiger partial charge in [0, 0.05) is 42.5 Å². The first-order chi connectivity index (χ1) is 13.7. The van der Waals surface area contributed by atoms with Crippen LogP contribution < -0.4 is 4.74 Å². The molecule has 0 atom stereocenters. The number of thiophene rings is 1. The second kappa shape index (κ2) is 9.09. The first kappa shape index (κ1) is 19.4. The summed E-state index contributed by atoms with van der Waals surface area (Å²) in [4.78, 5) is 7.33. The number of ether oxygens (including phenoxy) is 1. The smallest absolute Gasteiger partial charge is 0.294 e. The number of nitrogens with zero attached hydrogens (tertiary/aromatic N) is 4. The van der Waals surface area contributed by atoms with Crippen molar-refractivity contribution in [3.05, 3.63) is 52.1 Å². The van der Waals surface area contributed by atoms with Crippen molar-refractivity contribution in [3.63, 3.8) is 0 Å². The quantitative estimate of drug-likeness (QED) is 0.577. The molecule has 28 heavy (non-hydrogen) atoms. The minimum absolute atomic E-state index is 0.188. The van der Waals surface area contributed by atoms with Gasteiger partial charge in [-0.25, -0.2) is 4.39 Å². The van der Waals surface area contributed by atoms with Gasteiger partial charge in [0.15, 0.2) is 0 Å². The predicted octanol–water partition coefficient (Wildman–Crippen LogP) is 4.12. The second-order valence-electron chi connectivity index (χ2n) is 6.72. The molecular weight excluding hydrogens is 395 g/mol. The lowest BCUT2D eigenvalue weighted by atomic mass is 10.2. The van der Waals surface area contributed by atoms with Crippen LogP contribution in [0.3, 0.4) is 0 Å². The zero-order valence-electron chi connectivity index (χ0n) is 15.8. The Labute approximate surface area is 172 Å². The first-order valence-electron chi connectivity index (χ1n) is 9.44. The third-order valence-corrected chi connectivity index (χ3v) is 6.63. The summed E-state index contributed by atoms with van der Waals surface area (Å²) >= 11 is 3.28. The van der Waals surface area contributed by atoms with Crippen LogP contribution in [0.1, 0.15) is 16.8 Å². The minimum Gasteiger partial charge on any atom is -0.469 e. The molecule has 1 fully saturated rings. The molecule has 3 heterocycles. The average molecular weight is 419 g/mol. The van der Waals surface area contributed by atoms with Gasteiger partial charge in [0.05, 0.1) is 13.2 Å². The largest absolute Gasteiger partial charge is 0.469 e. The maximum Gasteiger partial charge on any atom is 0.294 e. The van der Waals surface area contributed by atoms with Gasteiger partial charge in [-0.05, 0) is 36.8 Å². The maximum atomic E-state index is 13.4. The Balaban J connectivity index is 1.27. The molecule has 3 aromatic rings. The van der Waals surface area contributed by atoms with Gasteiger partial charge < -0.3 is 4.74 Å². The molecule has 1 saturated heterocycles. The minimum atomic E-state index is -0.188. The van der Waals surface area contributed by atoms with Crippen LogP contribution in [0, 0.1) is 5.82 Å². The molecule has 2 aromatic heterocycles. The molecule has 0 bridgehead atoms. The zero-order chi connectivity index (χ0) is 19.3. The Hall–Kier alpha value is -1.87. The molecule has 8 heteroatoms. The monoisotopic (exact) mass is 418 g/mol. The molecule has 0 spiro atoms. The summed E-state index contributed by atoms with van der Waals surface area (Å²) in [6.45, 7) is 8.46. The topological polar surface area (TPSA) is 41.5 Å². The number of rotatable bonds is 7. The summed E-state index contributed by atoms with van der Waals surface area (Å²) in [6, 6.07) is 11.1. The van der Waals surface area contributed by atoms with Gasteiger partial charge in [-0.1, -0.05) is 23.5 Å². The predicted molar refractivity (Wildman–Crippen MR) is 111 cm³/mol. The molecule has 0 saturated carbocycles. The molecule has 0 aliphatic carbocycles. The van der Waals surface area contributed by atoms with Crippen LogP contribution in [0.15, 0.2) is 36.4 Å². The molecule has 0 N–H and O–H groups in total. The summed E-state index contributed by atoms with van der Waals surface area (Å²) in [6.07, 6.45) is 0. The van der Waals surface area contributed by atoms with Crippen LogP contribution in [0.25, 0.3) is 10.4 Å². The van der Waals surface area contributed by atoms with Crippen LogP contribution in [-0.2, 0) is 13.1 Å². The lowest BCUT2D eigenvalue weighted by Crippen LogP contribution is -2.45. The normalized spacial score (nSPS) is 15.8. The van der Waals surface area contributed by atoms with E-state index < -0.39 is 0 Å². The third kappa shape index (κ3) is 4.94. The van der Waals surface area contributed by atoms with Crippen LogP contribution in [-0.4, -0.2) is 52.8 Å². The van der Waals surface area contributed by atoms with Crippen molar-refractivity contribution in [1.29, 1.82) is 0 Å². The molecule has 5 nitrogen and oxygen atoms in total. The van der Waals surface area contributed by atoms with Gasteiger partial charge in [-0.2, -0.15) is 0 Å². The number of aromatic nitrogens is 2. The number of halogens is 1. The van der Waals surface area contributed by atoms with Crippen LogP contribution in [0.4, 0.5) is 4.39 Å². The molecule has 1 aliphatic rings. The summed E-state index contributed by atoms with van der Waals surface area (Å²) in [5, 5.41) is 9.94. The van der Waals surface area contributed by atoms with E-state index >= 15 is 0 Å². The van der Waals surface area contributed by atoms with Gasteiger partial charge in [0.2, 0.25) is 0 Å². The van der Waals surface area contributed by atoms with Crippen molar-refractivity contribution in [1.82, 2.24) is 20.0 Å². The third-order valence-electron chi connectivity index (χ3n) is 4.69. The molecule has 148 valence electrons. The summed E-state index contributed by atoms with van der Waals surface area (Å²) in [5.41, 5.74) is 0.949. The molecule has 1 aromatic carbocycles. The Morgan fingerprint density at radius 3 is 2.54 bits per heavy atom. The fourth-order valence-electron chi connectivity index (χ4n) is 3.26. The van der Waals surface area contributed by atoms with Crippen molar-refractivity contribution in [3.8, 4) is 15.6 Å². The lowest BCUT2D eigenvalue weighted by Gasteiger charge is -2.33. The van der Waals surface area contributed by atoms with Crippen molar-refractivity contribution in [2.75, 3.05) is 32.8 Å². The van der Waals surface area contributed by atoms with Gasteiger partial charge in [0.25, 0.3) is 5.19 Å². The number of piperazine rings is 1. The number of hydrogen-bond donors (Lipinski definition) is 0. The van der Waals surface area contributed by atoms with E-state index in [0.29, 0.717) is 11.8 Å². The van der Waals surface area contributed by atoms with Gasteiger partial charge in [-0.15, -0.1) is 21.5 Å². The molecule has 0 amide bonds. The van der Waals surface area contributed by atoms with E-state index in [9.17, 15) is 4.39 Å². The fraction of sp³-hybridized carbons (Fsp3) is 0.400.